The second kappa shape index (κ2) is 6.83. The molecule has 0 heterocycles. The molecule has 0 saturated carbocycles. The zero-order chi connectivity index (χ0) is 15.3. The zero-order valence-electron chi connectivity index (χ0n) is 12.1. The van der Waals surface area contributed by atoms with Crippen molar-refractivity contribution in [1.29, 1.82) is 0 Å². The van der Waals surface area contributed by atoms with Crippen LogP contribution in [-0.4, -0.2) is 41.1 Å². The summed E-state index contributed by atoms with van der Waals surface area (Å²) in [4.78, 5) is 11.8. The summed E-state index contributed by atoms with van der Waals surface area (Å²) in [6.45, 7) is 3.73. The largest absolute Gasteiger partial charge is 0.383 e. The predicted octanol–water partition coefficient (Wildman–Crippen LogP) is 0.668. The van der Waals surface area contributed by atoms with Crippen molar-refractivity contribution in [3.63, 3.8) is 0 Å². The number of sulfonamides is 1. The molecule has 0 spiro atoms. The van der Waals surface area contributed by atoms with Crippen LogP contribution >= 0.6 is 0 Å². The van der Waals surface area contributed by atoms with E-state index in [1.165, 1.54) is 26.3 Å². The molecule has 0 aliphatic heterocycles. The van der Waals surface area contributed by atoms with Crippen LogP contribution in [0.3, 0.4) is 0 Å². The monoisotopic (exact) mass is 300 g/mol. The van der Waals surface area contributed by atoms with Crippen molar-refractivity contribution in [3.05, 3.63) is 29.3 Å². The molecule has 1 rings (SSSR count). The molecule has 0 radical (unpaired) electrons. The van der Waals surface area contributed by atoms with Gasteiger partial charge in [0.2, 0.25) is 10.0 Å². The van der Waals surface area contributed by atoms with Crippen LogP contribution < -0.4 is 10.0 Å². The van der Waals surface area contributed by atoms with E-state index in [2.05, 4.69) is 10.0 Å². The predicted molar refractivity (Wildman–Crippen MR) is 76.2 cm³/mol. The summed E-state index contributed by atoms with van der Waals surface area (Å²) in [5.41, 5.74) is 1.06. The lowest BCUT2D eigenvalue weighted by Gasteiger charge is -2.14. The number of ether oxygens (including phenoxy) is 1. The summed E-state index contributed by atoms with van der Waals surface area (Å²) in [5, 5.41) is 2.49. The van der Waals surface area contributed by atoms with Gasteiger partial charge in [-0.05, 0) is 31.5 Å². The van der Waals surface area contributed by atoms with Gasteiger partial charge in [0.25, 0.3) is 5.91 Å². The van der Waals surface area contributed by atoms with Crippen molar-refractivity contribution in [2.45, 2.75) is 24.8 Å². The molecule has 1 amide bonds. The van der Waals surface area contributed by atoms with E-state index in [4.69, 9.17) is 4.74 Å². The molecule has 7 heteroatoms. The number of methoxy groups -OCH3 is 1. The third-order valence-electron chi connectivity index (χ3n) is 2.76. The van der Waals surface area contributed by atoms with Gasteiger partial charge in [-0.1, -0.05) is 6.07 Å². The van der Waals surface area contributed by atoms with Gasteiger partial charge in [0.05, 0.1) is 11.5 Å². The summed E-state index contributed by atoms with van der Waals surface area (Å²) in [7, 11) is -0.671. The molecule has 20 heavy (non-hydrogen) atoms. The number of amides is 1. The van der Waals surface area contributed by atoms with Gasteiger partial charge < -0.3 is 10.1 Å². The minimum absolute atomic E-state index is 0.0599. The number of carbonyl (C=O) groups excluding carboxylic acids is 1. The minimum atomic E-state index is -3.67. The lowest BCUT2D eigenvalue weighted by Crippen LogP contribution is -2.35. The molecule has 0 bridgehead atoms. The highest BCUT2D eigenvalue weighted by Crippen LogP contribution is 2.16. The van der Waals surface area contributed by atoms with Crippen molar-refractivity contribution in [1.82, 2.24) is 10.0 Å². The summed E-state index contributed by atoms with van der Waals surface area (Å²) in [6.07, 6.45) is 0. The van der Waals surface area contributed by atoms with E-state index in [9.17, 15) is 13.2 Å². The highest BCUT2D eigenvalue weighted by Gasteiger charge is 2.19. The average Bonchev–Trinajstić information content (AvgIpc) is 2.37. The molecule has 0 saturated heterocycles. The van der Waals surface area contributed by atoms with Crippen LogP contribution in [-0.2, 0) is 14.8 Å². The molecule has 1 aromatic rings. The van der Waals surface area contributed by atoms with Gasteiger partial charge in [-0.25, -0.2) is 13.1 Å². The molecule has 2 N–H and O–H groups in total. The van der Waals surface area contributed by atoms with Gasteiger partial charge in [0.1, 0.15) is 0 Å². The van der Waals surface area contributed by atoms with Crippen molar-refractivity contribution in [2.75, 3.05) is 20.8 Å². The van der Waals surface area contributed by atoms with Gasteiger partial charge in [-0.3, -0.25) is 4.79 Å². The highest BCUT2D eigenvalue weighted by atomic mass is 32.2. The van der Waals surface area contributed by atoms with E-state index in [0.717, 1.165) is 0 Å². The first-order valence-corrected chi connectivity index (χ1v) is 7.64. The Hall–Kier alpha value is -1.44. The third-order valence-corrected chi connectivity index (χ3v) is 4.35. The Labute approximate surface area is 119 Å². The fraction of sp³-hybridized carbons (Fsp3) is 0.462. The number of hydrogen-bond donors (Lipinski definition) is 2. The smallest absolute Gasteiger partial charge is 0.251 e. The van der Waals surface area contributed by atoms with E-state index < -0.39 is 10.0 Å². The molecule has 0 unspecified atom stereocenters. The molecule has 1 aromatic carbocycles. The van der Waals surface area contributed by atoms with Gasteiger partial charge in [-0.15, -0.1) is 0 Å². The number of hydrogen-bond acceptors (Lipinski definition) is 4. The number of nitrogens with one attached hydrogen (secondary N) is 2. The number of rotatable bonds is 6. The molecule has 112 valence electrons. The molecule has 1 atom stereocenters. The summed E-state index contributed by atoms with van der Waals surface area (Å²) in [6, 6.07) is 4.11. The maximum Gasteiger partial charge on any atom is 0.251 e. The van der Waals surface area contributed by atoms with Gasteiger partial charge in [-0.2, -0.15) is 0 Å². The molecule has 0 aliphatic rings. The number of benzene rings is 1. The summed E-state index contributed by atoms with van der Waals surface area (Å²) in [5.74, 6) is -0.315. The lowest BCUT2D eigenvalue weighted by atomic mass is 10.1. The Bertz CT molecular complexity index is 584. The van der Waals surface area contributed by atoms with Crippen molar-refractivity contribution in [3.8, 4) is 0 Å². The van der Waals surface area contributed by atoms with E-state index in [1.54, 1.807) is 19.9 Å². The van der Waals surface area contributed by atoms with Crippen molar-refractivity contribution >= 4 is 15.9 Å². The first kappa shape index (κ1) is 16.6. The molecule has 0 aromatic heterocycles. The first-order chi connectivity index (χ1) is 9.31. The molecule has 6 nitrogen and oxygen atoms in total. The van der Waals surface area contributed by atoms with E-state index in [0.29, 0.717) is 11.1 Å². The number of aryl methyl sites for hydroxylation is 1. The second-order valence-corrected chi connectivity index (χ2v) is 6.25. The maximum atomic E-state index is 12.2. The van der Waals surface area contributed by atoms with Gasteiger partial charge in [0, 0.05) is 25.8 Å². The van der Waals surface area contributed by atoms with Crippen molar-refractivity contribution < 1.29 is 17.9 Å². The van der Waals surface area contributed by atoms with E-state index in [-0.39, 0.29) is 23.5 Å². The Morgan fingerprint density at radius 1 is 1.40 bits per heavy atom. The fourth-order valence-electron chi connectivity index (χ4n) is 1.76. The Morgan fingerprint density at radius 2 is 2.05 bits per heavy atom. The summed E-state index contributed by atoms with van der Waals surface area (Å²) >= 11 is 0. The van der Waals surface area contributed by atoms with Crippen LogP contribution in [0.25, 0.3) is 0 Å². The van der Waals surface area contributed by atoms with Gasteiger partial charge >= 0.3 is 0 Å². The Morgan fingerprint density at radius 3 is 2.60 bits per heavy atom. The van der Waals surface area contributed by atoms with Crippen LogP contribution in [0.5, 0.6) is 0 Å². The average molecular weight is 300 g/mol. The molecular weight excluding hydrogens is 280 g/mol. The normalized spacial score (nSPS) is 13.0. The molecule has 0 aliphatic carbocycles. The topological polar surface area (TPSA) is 84.5 Å². The fourth-order valence-corrected chi connectivity index (χ4v) is 3.02. The second-order valence-electron chi connectivity index (χ2n) is 4.53. The van der Waals surface area contributed by atoms with Crippen LogP contribution in [0, 0.1) is 6.92 Å². The quantitative estimate of drug-likeness (QED) is 0.808. The first-order valence-electron chi connectivity index (χ1n) is 6.15. The van der Waals surface area contributed by atoms with Crippen LogP contribution in [0.4, 0.5) is 0 Å². The van der Waals surface area contributed by atoms with Crippen molar-refractivity contribution in [2.24, 2.45) is 0 Å². The number of carbonyl (C=O) groups is 1. The van der Waals surface area contributed by atoms with Crippen LogP contribution in [0.2, 0.25) is 0 Å². The summed E-state index contributed by atoms with van der Waals surface area (Å²) < 4.78 is 31.8. The standard InChI is InChI=1S/C13H20N2O4S/c1-9-5-6-11(7-12(9)13(16)14-3)20(17,18)15-10(2)8-19-4/h5-7,10,15H,8H2,1-4H3,(H,14,16)/t10-/m0/s1. The minimum Gasteiger partial charge on any atom is -0.383 e. The maximum absolute atomic E-state index is 12.2. The van der Waals surface area contributed by atoms with Crippen LogP contribution in [0.1, 0.15) is 22.8 Å². The van der Waals surface area contributed by atoms with Gasteiger partial charge in [0.15, 0.2) is 0 Å². The molecule has 0 fully saturated rings. The Kier molecular flexibility index (Phi) is 5.67. The highest BCUT2D eigenvalue weighted by molar-refractivity contribution is 7.89. The molecular formula is C13H20N2O4S. The SMILES string of the molecule is CNC(=O)c1cc(S(=O)(=O)N[C@@H](C)COC)ccc1C. The Balaban J connectivity index is 3.10. The zero-order valence-corrected chi connectivity index (χ0v) is 12.9. The van der Waals surface area contributed by atoms with E-state index in [1.807, 2.05) is 0 Å². The third kappa shape index (κ3) is 4.03. The van der Waals surface area contributed by atoms with Crippen LogP contribution in [0.15, 0.2) is 23.1 Å². The lowest BCUT2D eigenvalue weighted by molar-refractivity contribution is 0.0962. The van der Waals surface area contributed by atoms with E-state index >= 15 is 0 Å².